The molecule has 5 rings (SSSR count). The smallest absolute Gasteiger partial charge is 0.143 e. The maximum atomic E-state index is 6.85. The van der Waals surface area contributed by atoms with Crippen LogP contribution in [0.15, 0.2) is 60.8 Å². The van der Waals surface area contributed by atoms with Crippen LogP contribution in [0.3, 0.4) is 0 Å². The van der Waals surface area contributed by atoms with E-state index in [0.717, 1.165) is 49.4 Å². The number of rotatable bonds is 3. The first-order valence-corrected chi connectivity index (χ1v) is 11.1. The zero-order valence-electron chi connectivity index (χ0n) is 18.2. The van der Waals surface area contributed by atoms with Crippen LogP contribution in [-0.4, -0.2) is 40.7 Å². The SMILES string of the molecule is CN1CCC(OC2c3ccccc3CC(C)(C)n3cc(-c4ccccc4)nc32)CC1. The van der Waals surface area contributed by atoms with Crippen molar-refractivity contribution in [2.75, 3.05) is 20.1 Å². The average Bonchev–Trinajstić information content (AvgIpc) is 3.18. The van der Waals surface area contributed by atoms with E-state index in [-0.39, 0.29) is 17.7 Å². The van der Waals surface area contributed by atoms with Crippen LogP contribution >= 0.6 is 0 Å². The van der Waals surface area contributed by atoms with Gasteiger partial charge in [-0.15, -0.1) is 0 Å². The van der Waals surface area contributed by atoms with E-state index in [1.165, 1.54) is 11.1 Å². The van der Waals surface area contributed by atoms with Gasteiger partial charge in [-0.2, -0.15) is 0 Å². The molecule has 3 heterocycles. The fourth-order valence-electron chi connectivity index (χ4n) is 4.90. The first-order valence-electron chi connectivity index (χ1n) is 11.1. The molecule has 0 radical (unpaired) electrons. The van der Waals surface area contributed by atoms with Crippen LogP contribution in [0.25, 0.3) is 11.3 Å². The van der Waals surface area contributed by atoms with Gasteiger partial charge in [-0.05, 0) is 51.3 Å². The standard InChI is InChI=1S/C26H31N3O/c1-26(2)17-20-11-7-8-12-22(20)24(30-21-13-15-28(3)16-14-21)25-27-23(18-29(25)26)19-9-5-4-6-10-19/h4-12,18,21,24H,13-17H2,1-3H3. The number of likely N-dealkylation sites (tertiary alicyclic amines) is 1. The molecular formula is C26H31N3O. The fourth-order valence-corrected chi connectivity index (χ4v) is 4.90. The molecular weight excluding hydrogens is 370 g/mol. The molecule has 1 fully saturated rings. The van der Waals surface area contributed by atoms with E-state index in [1.54, 1.807) is 0 Å². The summed E-state index contributed by atoms with van der Waals surface area (Å²) in [4.78, 5) is 7.55. The van der Waals surface area contributed by atoms with Crippen LogP contribution in [0.1, 0.15) is 49.7 Å². The molecule has 0 amide bonds. The molecule has 1 saturated heterocycles. The second-order valence-corrected chi connectivity index (χ2v) is 9.43. The molecule has 0 N–H and O–H groups in total. The summed E-state index contributed by atoms with van der Waals surface area (Å²) < 4.78 is 9.22. The van der Waals surface area contributed by atoms with Crippen LogP contribution in [0.5, 0.6) is 0 Å². The van der Waals surface area contributed by atoms with Crippen molar-refractivity contribution in [2.45, 2.75) is 50.9 Å². The van der Waals surface area contributed by atoms with Crippen molar-refractivity contribution >= 4 is 0 Å². The zero-order valence-corrected chi connectivity index (χ0v) is 18.2. The van der Waals surface area contributed by atoms with Crippen molar-refractivity contribution in [3.63, 3.8) is 0 Å². The van der Waals surface area contributed by atoms with Crippen molar-refractivity contribution in [1.29, 1.82) is 0 Å². The highest BCUT2D eigenvalue weighted by molar-refractivity contribution is 5.59. The van der Waals surface area contributed by atoms with Crippen molar-refractivity contribution < 1.29 is 4.74 Å². The molecule has 2 aromatic carbocycles. The minimum absolute atomic E-state index is 0.0731. The van der Waals surface area contributed by atoms with Gasteiger partial charge >= 0.3 is 0 Å². The van der Waals surface area contributed by atoms with Crippen LogP contribution in [0.4, 0.5) is 0 Å². The van der Waals surface area contributed by atoms with Gasteiger partial charge < -0.3 is 14.2 Å². The quantitative estimate of drug-likeness (QED) is 0.616. The normalized spacial score (nSPS) is 21.6. The Morgan fingerprint density at radius 3 is 2.43 bits per heavy atom. The Morgan fingerprint density at radius 1 is 0.967 bits per heavy atom. The summed E-state index contributed by atoms with van der Waals surface area (Å²) in [5.41, 5.74) is 4.74. The summed E-state index contributed by atoms with van der Waals surface area (Å²) in [6.07, 6.45) is 5.48. The molecule has 1 aromatic heterocycles. The molecule has 2 aliphatic rings. The van der Waals surface area contributed by atoms with E-state index in [1.807, 2.05) is 0 Å². The number of piperidine rings is 1. The Balaban J connectivity index is 1.61. The first kappa shape index (κ1) is 19.5. The lowest BCUT2D eigenvalue weighted by atomic mass is 9.92. The molecule has 156 valence electrons. The van der Waals surface area contributed by atoms with Crippen LogP contribution in [-0.2, 0) is 16.7 Å². The van der Waals surface area contributed by atoms with E-state index in [0.29, 0.717) is 0 Å². The molecule has 4 nitrogen and oxygen atoms in total. The van der Waals surface area contributed by atoms with Crippen molar-refractivity contribution in [2.24, 2.45) is 0 Å². The van der Waals surface area contributed by atoms with E-state index in [4.69, 9.17) is 9.72 Å². The Hall–Kier alpha value is -2.43. The van der Waals surface area contributed by atoms with Gasteiger partial charge in [-0.25, -0.2) is 4.98 Å². The predicted molar refractivity (Wildman–Crippen MR) is 121 cm³/mol. The van der Waals surface area contributed by atoms with Gasteiger partial charge in [0.2, 0.25) is 0 Å². The topological polar surface area (TPSA) is 30.3 Å². The highest BCUT2D eigenvalue weighted by Crippen LogP contribution is 2.40. The summed E-state index contributed by atoms with van der Waals surface area (Å²) in [5, 5.41) is 0. The maximum Gasteiger partial charge on any atom is 0.143 e. The summed E-state index contributed by atoms with van der Waals surface area (Å²) in [6.45, 7) is 6.80. The Labute approximate surface area is 179 Å². The number of hydrogen-bond acceptors (Lipinski definition) is 3. The summed E-state index contributed by atoms with van der Waals surface area (Å²) >= 11 is 0. The number of imidazole rings is 1. The third kappa shape index (κ3) is 3.59. The van der Waals surface area contributed by atoms with Gasteiger partial charge in [-0.1, -0.05) is 54.6 Å². The minimum Gasteiger partial charge on any atom is -0.362 e. The molecule has 1 unspecified atom stereocenters. The van der Waals surface area contributed by atoms with E-state index < -0.39 is 0 Å². The van der Waals surface area contributed by atoms with Gasteiger partial charge in [0.05, 0.1) is 11.8 Å². The van der Waals surface area contributed by atoms with Crippen molar-refractivity contribution in [3.8, 4) is 11.3 Å². The zero-order chi connectivity index (χ0) is 20.7. The second-order valence-electron chi connectivity index (χ2n) is 9.43. The van der Waals surface area contributed by atoms with Gasteiger partial charge in [0.1, 0.15) is 11.9 Å². The molecule has 30 heavy (non-hydrogen) atoms. The average molecular weight is 402 g/mol. The Bertz CT molecular complexity index is 1020. The highest BCUT2D eigenvalue weighted by atomic mass is 16.5. The van der Waals surface area contributed by atoms with Gasteiger partial charge in [-0.3, -0.25) is 0 Å². The van der Waals surface area contributed by atoms with Gasteiger partial charge in [0.15, 0.2) is 0 Å². The van der Waals surface area contributed by atoms with Gasteiger partial charge in [0, 0.05) is 30.4 Å². The molecule has 0 spiro atoms. The summed E-state index contributed by atoms with van der Waals surface area (Å²) in [7, 11) is 2.19. The Morgan fingerprint density at radius 2 is 1.67 bits per heavy atom. The number of nitrogens with zero attached hydrogens (tertiary/aromatic N) is 3. The molecule has 0 saturated carbocycles. The fraction of sp³-hybridized carbons (Fsp3) is 0.423. The molecule has 1 atom stereocenters. The predicted octanol–water partition coefficient (Wildman–Crippen LogP) is 5.04. The second kappa shape index (κ2) is 7.68. The van der Waals surface area contributed by atoms with Crippen molar-refractivity contribution in [1.82, 2.24) is 14.5 Å². The van der Waals surface area contributed by atoms with Gasteiger partial charge in [0.25, 0.3) is 0 Å². The maximum absolute atomic E-state index is 6.85. The molecule has 3 aromatic rings. The number of aromatic nitrogens is 2. The van der Waals surface area contributed by atoms with Crippen LogP contribution in [0.2, 0.25) is 0 Å². The molecule has 0 aliphatic carbocycles. The molecule has 4 heteroatoms. The monoisotopic (exact) mass is 401 g/mol. The van der Waals surface area contributed by atoms with Crippen LogP contribution in [0, 0.1) is 0 Å². The van der Waals surface area contributed by atoms with Crippen molar-refractivity contribution in [3.05, 3.63) is 77.7 Å². The number of hydrogen-bond donors (Lipinski definition) is 0. The summed E-state index contributed by atoms with van der Waals surface area (Å²) in [5.74, 6) is 1.03. The highest BCUT2D eigenvalue weighted by Gasteiger charge is 2.36. The number of ether oxygens (including phenoxy) is 1. The molecule has 0 bridgehead atoms. The first-order chi connectivity index (χ1) is 14.5. The third-order valence-corrected chi connectivity index (χ3v) is 6.64. The largest absolute Gasteiger partial charge is 0.362 e. The lowest BCUT2D eigenvalue weighted by Crippen LogP contribution is -2.35. The third-order valence-electron chi connectivity index (χ3n) is 6.64. The lowest BCUT2D eigenvalue weighted by molar-refractivity contribution is -0.0283. The molecule has 2 aliphatic heterocycles. The van der Waals surface area contributed by atoms with E-state index in [9.17, 15) is 0 Å². The number of fused-ring (bicyclic) bond motifs is 2. The lowest BCUT2D eigenvalue weighted by Gasteiger charge is -2.32. The van der Waals surface area contributed by atoms with E-state index in [2.05, 4.69) is 91.2 Å². The Kier molecular flexibility index (Phi) is 5.00. The number of benzene rings is 2. The van der Waals surface area contributed by atoms with Crippen LogP contribution < -0.4 is 0 Å². The minimum atomic E-state index is -0.131. The van der Waals surface area contributed by atoms with E-state index >= 15 is 0 Å². The summed E-state index contributed by atoms with van der Waals surface area (Å²) in [6, 6.07) is 19.2.